The second kappa shape index (κ2) is 10.2. The lowest BCUT2D eigenvalue weighted by Gasteiger charge is -2.27. The number of hydrogen-bond acceptors (Lipinski definition) is 5. The quantitative estimate of drug-likeness (QED) is 0.613. The molecule has 0 N–H and O–H groups in total. The van der Waals surface area contributed by atoms with Crippen molar-refractivity contribution in [2.75, 3.05) is 27.8 Å². The molecule has 180 valence electrons. The zero-order chi connectivity index (χ0) is 24.2. The van der Waals surface area contributed by atoms with E-state index in [0.717, 1.165) is 25.7 Å². The van der Waals surface area contributed by atoms with Crippen molar-refractivity contribution in [2.24, 2.45) is 11.0 Å². The smallest absolute Gasteiger partial charge is 0.262 e. The Hall–Kier alpha value is -3.42. The second-order valence-corrected chi connectivity index (χ2v) is 8.77. The molecule has 34 heavy (non-hydrogen) atoms. The van der Waals surface area contributed by atoms with Gasteiger partial charge in [-0.15, -0.1) is 0 Å². The fraction of sp³-hybridized carbons (Fsp3) is 0.423. The van der Waals surface area contributed by atoms with Crippen LogP contribution in [0.15, 0.2) is 47.6 Å². The predicted octanol–water partition coefficient (Wildman–Crippen LogP) is 4.17. The van der Waals surface area contributed by atoms with E-state index >= 15 is 0 Å². The molecular formula is C26H30FN3O4. The first-order valence-corrected chi connectivity index (χ1v) is 11.5. The van der Waals surface area contributed by atoms with E-state index in [1.807, 2.05) is 0 Å². The van der Waals surface area contributed by atoms with Crippen molar-refractivity contribution < 1.29 is 23.5 Å². The van der Waals surface area contributed by atoms with Crippen molar-refractivity contribution >= 4 is 17.5 Å². The molecule has 1 fully saturated rings. The van der Waals surface area contributed by atoms with Crippen LogP contribution in [0, 0.1) is 11.7 Å². The Morgan fingerprint density at radius 1 is 1.12 bits per heavy atom. The number of hydrogen-bond donors (Lipinski definition) is 0. The minimum absolute atomic E-state index is 0.0149. The van der Waals surface area contributed by atoms with E-state index in [1.165, 1.54) is 16.0 Å². The van der Waals surface area contributed by atoms with Gasteiger partial charge in [0.15, 0.2) is 0 Å². The highest BCUT2D eigenvalue weighted by Gasteiger charge is 2.37. The molecule has 7 nitrogen and oxygen atoms in total. The summed E-state index contributed by atoms with van der Waals surface area (Å²) in [6, 6.07) is 11.2. The monoisotopic (exact) mass is 467 g/mol. The van der Waals surface area contributed by atoms with Gasteiger partial charge in [-0.1, -0.05) is 31.0 Å². The predicted molar refractivity (Wildman–Crippen MR) is 126 cm³/mol. The number of hydrazone groups is 1. The number of carbonyl (C=O) groups is 2. The van der Waals surface area contributed by atoms with Crippen LogP contribution in [-0.4, -0.2) is 55.2 Å². The van der Waals surface area contributed by atoms with Gasteiger partial charge in [0, 0.05) is 30.5 Å². The number of rotatable bonds is 7. The van der Waals surface area contributed by atoms with E-state index in [-0.39, 0.29) is 24.3 Å². The molecule has 1 atom stereocenters. The van der Waals surface area contributed by atoms with Crippen LogP contribution in [0.3, 0.4) is 0 Å². The van der Waals surface area contributed by atoms with E-state index in [4.69, 9.17) is 9.47 Å². The SMILES string of the molecule is COc1ccc(OC)c([C@H]2CC(c3ccccc3F)=NN2C(=O)CN(C)C(=O)C2CCCC2)c1. The Labute approximate surface area is 199 Å². The number of carbonyl (C=O) groups excluding carboxylic acids is 2. The van der Waals surface area contributed by atoms with Crippen molar-refractivity contribution in [2.45, 2.75) is 38.1 Å². The Kier molecular flexibility index (Phi) is 7.14. The van der Waals surface area contributed by atoms with Crippen molar-refractivity contribution in [3.05, 3.63) is 59.4 Å². The van der Waals surface area contributed by atoms with Gasteiger partial charge in [-0.2, -0.15) is 5.10 Å². The van der Waals surface area contributed by atoms with Gasteiger partial charge in [-0.3, -0.25) is 9.59 Å². The zero-order valence-corrected chi connectivity index (χ0v) is 19.8. The van der Waals surface area contributed by atoms with Crippen LogP contribution in [0.2, 0.25) is 0 Å². The van der Waals surface area contributed by atoms with Crippen LogP contribution >= 0.6 is 0 Å². The first-order chi connectivity index (χ1) is 16.4. The largest absolute Gasteiger partial charge is 0.497 e. The van der Waals surface area contributed by atoms with Crippen LogP contribution in [0.5, 0.6) is 11.5 Å². The number of methoxy groups -OCH3 is 2. The lowest BCUT2D eigenvalue weighted by molar-refractivity contribution is -0.142. The van der Waals surface area contributed by atoms with E-state index in [1.54, 1.807) is 57.7 Å². The summed E-state index contributed by atoms with van der Waals surface area (Å²) in [7, 11) is 4.77. The maximum absolute atomic E-state index is 14.6. The molecule has 2 aromatic rings. The Balaban J connectivity index is 1.66. The van der Waals surface area contributed by atoms with Crippen molar-refractivity contribution in [1.29, 1.82) is 0 Å². The van der Waals surface area contributed by atoms with Crippen molar-refractivity contribution in [3.63, 3.8) is 0 Å². The van der Waals surface area contributed by atoms with E-state index < -0.39 is 11.9 Å². The summed E-state index contributed by atoms with van der Waals surface area (Å²) in [4.78, 5) is 27.7. The number of nitrogens with zero attached hydrogens (tertiary/aromatic N) is 3. The second-order valence-electron chi connectivity index (χ2n) is 8.77. The van der Waals surface area contributed by atoms with Gasteiger partial charge in [-0.05, 0) is 37.1 Å². The van der Waals surface area contributed by atoms with E-state index in [2.05, 4.69) is 5.10 Å². The van der Waals surface area contributed by atoms with Crippen molar-refractivity contribution in [3.8, 4) is 11.5 Å². The molecule has 0 radical (unpaired) electrons. The summed E-state index contributed by atoms with van der Waals surface area (Å²) < 4.78 is 25.5. The molecule has 1 aliphatic heterocycles. The van der Waals surface area contributed by atoms with Crippen LogP contribution in [0.1, 0.15) is 49.3 Å². The summed E-state index contributed by atoms with van der Waals surface area (Å²) in [6.07, 6.45) is 4.10. The summed E-state index contributed by atoms with van der Waals surface area (Å²) >= 11 is 0. The topological polar surface area (TPSA) is 71.4 Å². The summed E-state index contributed by atoms with van der Waals surface area (Å²) in [5.41, 5.74) is 1.52. The number of benzene rings is 2. The first kappa shape index (κ1) is 23.7. The lowest BCUT2D eigenvalue weighted by Crippen LogP contribution is -2.41. The number of amides is 2. The molecule has 2 amide bonds. The molecule has 2 aromatic carbocycles. The van der Waals surface area contributed by atoms with Crippen LogP contribution in [0.25, 0.3) is 0 Å². The molecule has 1 aliphatic carbocycles. The molecule has 0 spiro atoms. The zero-order valence-electron chi connectivity index (χ0n) is 19.8. The molecule has 1 saturated carbocycles. The average Bonchev–Trinajstić information content (AvgIpc) is 3.54. The minimum atomic E-state index is -0.526. The fourth-order valence-electron chi connectivity index (χ4n) is 4.78. The maximum atomic E-state index is 14.6. The highest BCUT2D eigenvalue weighted by Crippen LogP contribution is 2.39. The van der Waals surface area contributed by atoms with Crippen LogP contribution in [0.4, 0.5) is 4.39 Å². The minimum Gasteiger partial charge on any atom is -0.497 e. The van der Waals surface area contributed by atoms with Gasteiger partial charge >= 0.3 is 0 Å². The lowest BCUT2D eigenvalue weighted by atomic mass is 9.97. The number of likely N-dealkylation sites (N-methyl/N-ethyl adjacent to an activating group) is 1. The standard InChI is InChI=1S/C26H30FN3O4/c1-29(26(32)17-8-4-5-9-17)16-25(31)30-23(20-14-18(33-2)12-13-24(20)34-3)15-22(28-30)19-10-6-7-11-21(19)27/h6-7,10-14,17,23H,4-5,8-9,15-16H2,1-3H3/t23-/m1/s1. The van der Waals surface area contributed by atoms with Gasteiger partial charge < -0.3 is 14.4 Å². The Bertz CT molecular complexity index is 1100. The van der Waals surface area contributed by atoms with Crippen LogP contribution < -0.4 is 9.47 Å². The van der Waals surface area contributed by atoms with E-state index in [9.17, 15) is 14.0 Å². The Morgan fingerprint density at radius 2 is 1.85 bits per heavy atom. The molecule has 0 aromatic heterocycles. The molecule has 0 unspecified atom stereocenters. The third-order valence-corrected chi connectivity index (χ3v) is 6.60. The average molecular weight is 468 g/mol. The fourth-order valence-corrected chi connectivity index (χ4v) is 4.78. The highest BCUT2D eigenvalue weighted by molar-refractivity contribution is 6.03. The number of halogens is 1. The normalized spacial score (nSPS) is 18.1. The number of ether oxygens (including phenoxy) is 2. The summed E-state index contributed by atoms with van der Waals surface area (Å²) in [6.45, 7) is -0.105. The van der Waals surface area contributed by atoms with Crippen molar-refractivity contribution in [1.82, 2.24) is 9.91 Å². The highest BCUT2D eigenvalue weighted by atomic mass is 19.1. The third-order valence-electron chi connectivity index (χ3n) is 6.60. The first-order valence-electron chi connectivity index (χ1n) is 11.5. The van der Waals surface area contributed by atoms with Gasteiger partial charge in [0.1, 0.15) is 23.9 Å². The van der Waals surface area contributed by atoms with Gasteiger partial charge in [-0.25, -0.2) is 9.40 Å². The molecule has 4 rings (SSSR count). The van der Waals surface area contributed by atoms with Gasteiger partial charge in [0.2, 0.25) is 5.91 Å². The molecule has 8 heteroatoms. The Morgan fingerprint density at radius 3 is 2.53 bits per heavy atom. The third kappa shape index (κ3) is 4.76. The molecule has 2 aliphatic rings. The van der Waals surface area contributed by atoms with Gasteiger partial charge in [0.25, 0.3) is 5.91 Å². The van der Waals surface area contributed by atoms with Crippen LogP contribution in [-0.2, 0) is 9.59 Å². The molecular weight excluding hydrogens is 437 g/mol. The molecule has 1 heterocycles. The summed E-state index contributed by atoms with van der Waals surface area (Å²) in [5.74, 6) is 0.400. The molecule has 0 saturated heterocycles. The summed E-state index contributed by atoms with van der Waals surface area (Å²) in [5, 5.41) is 5.90. The van der Waals surface area contributed by atoms with Gasteiger partial charge in [0.05, 0.1) is 26.0 Å². The van der Waals surface area contributed by atoms with E-state index in [0.29, 0.717) is 34.8 Å². The maximum Gasteiger partial charge on any atom is 0.262 e. The molecule has 0 bridgehead atoms.